The van der Waals surface area contributed by atoms with E-state index >= 15 is 0 Å². The molecule has 6 heteroatoms. The molecule has 0 bridgehead atoms. The number of carbonyl (C=O) groups is 1. The molecule has 1 aliphatic carbocycles. The van der Waals surface area contributed by atoms with Crippen molar-refractivity contribution in [1.82, 2.24) is 14.7 Å². The lowest BCUT2D eigenvalue weighted by Crippen LogP contribution is -2.31. The van der Waals surface area contributed by atoms with E-state index < -0.39 is 0 Å². The summed E-state index contributed by atoms with van der Waals surface area (Å²) in [5.74, 6) is 0.906. The molecule has 0 fully saturated rings. The maximum absolute atomic E-state index is 12.9. The molecule has 3 heterocycles. The predicted molar refractivity (Wildman–Crippen MR) is 96.2 cm³/mol. The molecule has 5 nitrogen and oxygen atoms in total. The molecule has 0 saturated heterocycles. The molecule has 25 heavy (non-hydrogen) atoms. The summed E-state index contributed by atoms with van der Waals surface area (Å²) in [4.78, 5) is 15.8. The van der Waals surface area contributed by atoms with Gasteiger partial charge in [0, 0.05) is 17.6 Å². The van der Waals surface area contributed by atoms with Crippen LogP contribution in [0.15, 0.2) is 40.3 Å². The van der Waals surface area contributed by atoms with E-state index in [0.717, 1.165) is 29.2 Å². The summed E-state index contributed by atoms with van der Waals surface area (Å²) in [5.41, 5.74) is 3.68. The molecule has 0 spiro atoms. The Morgan fingerprint density at radius 2 is 2.24 bits per heavy atom. The van der Waals surface area contributed by atoms with Crippen molar-refractivity contribution in [2.45, 2.75) is 38.8 Å². The number of aromatic nitrogens is 2. The second kappa shape index (κ2) is 6.88. The van der Waals surface area contributed by atoms with Crippen LogP contribution in [0.3, 0.4) is 0 Å². The summed E-state index contributed by atoms with van der Waals surface area (Å²) in [7, 11) is 2.00. The van der Waals surface area contributed by atoms with Crippen molar-refractivity contribution >= 4 is 17.2 Å². The Morgan fingerprint density at radius 1 is 1.32 bits per heavy atom. The van der Waals surface area contributed by atoms with Gasteiger partial charge in [0.25, 0.3) is 0 Å². The number of amides is 1. The summed E-state index contributed by atoms with van der Waals surface area (Å²) >= 11 is 1.62. The zero-order valence-electron chi connectivity index (χ0n) is 14.3. The first-order valence-corrected chi connectivity index (χ1v) is 9.45. The molecule has 130 valence electrons. The first kappa shape index (κ1) is 16.1. The fourth-order valence-corrected chi connectivity index (χ4v) is 4.20. The summed E-state index contributed by atoms with van der Waals surface area (Å²) in [6.07, 6.45) is 5.39. The molecule has 3 aromatic heterocycles. The van der Waals surface area contributed by atoms with E-state index in [4.69, 9.17) is 4.42 Å². The van der Waals surface area contributed by atoms with Gasteiger partial charge in [-0.1, -0.05) is 6.07 Å². The normalized spacial score (nSPS) is 13.2. The average Bonchev–Trinajstić information content (AvgIpc) is 3.35. The Kier molecular flexibility index (Phi) is 4.44. The lowest BCUT2D eigenvalue weighted by Gasteiger charge is -2.21. The zero-order chi connectivity index (χ0) is 17.2. The number of hydrogen-bond donors (Lipinski definition) is 0. The second-order valence-corrected chi connectivity index (χ2v) is 7.47. The van der Waals surface area contributed by atoms with Crippen molar-refractivity contribution in [2.75, 3.05) is 0 Å². The second-order valence-electron chi connectivity index (χ2n) is 6.43. The minimum absolute atomic E-state index is 0.108. The lowest BCUT2D eigenvalue weighted by molar-refractivity contribution is -0.132. The molecular weight excluding hydrogens is 334 g/mol. The van der Waals surface area contributed by atoms with Crippen molar-refractivity contribution in [3.05, 3.63) is 63.5 Å². The highest BCUT2D eigenvalue weighted by molar-refractivity contribution is 7.10. The van der Waals surface area contributed by atoms with Crippen molar-refractivity contribution in [1.29, 1.82) is 0 Å². The maximum atomic E-state index is 12.9. The predicted octanol–water partition coefficient (Wildman–Crippen LogP) is 3.33. The number of aryl methyl sites for hydroxylation is 1. The Bertz CT molecular complexity index is 850. The van der Waals surface area contributed by atoms with Crippen LogP contribution in [-0.4, -0.2) is 20.6 Å². The summed E-state index contributed by atoms with van der Waals surface area (Å²) in [5, 5.41) is 6.68. The molecule has 4 rings (SSSR count). The lowest BCUT2D eigenvalue weighted by atomic mass is 10.2. The van der Waals surface area contributed by atoms with Crippen LogP contribution in [0.5, 0.6) is 0 Å². The van der Waals surface area contributed by atoms with E-state index in [1.807, 2.05) is 46.3 Å². The van der Waals surface area contributed by atoms with Gasteiger partial charge in [-0.2, -0.15) is 5.10 Å². The third kappa shape index (κ3) is 3.39. The summed E-state index contributed by atoms with van der Waals surface area (Å²) < 4.78 is 7.45. The zero-order valence-corrected chi connectivity index (χ0v) is 15.1. The highest BCUT2D eigenvalue weighted by atomic mass is 32.1. The maximum Gasteiger partial charge on any atom is 0.228 e. The molecule has 0 radical (unpaired) electrons. The van der Waals surface area contributed by atoms with E-state index in [9.17, 15) is 4.79 Å². The van der Waals surface area contributed by atoms with Gasteiger partial charge in [-0.15, -0.1) is 11.3 Å². The van der Waals surface area contributed by atoms with Gasteiger partial charge in [0.05, 0.1) is 31.5 Å². The van der Waals surface area contributed by atoms with E-state index in [0.29, 0.717) is 19.5 Å². The van der Waals surface area contributed by atoms with Gasteiger partial charge in [0.1, 0.15) is 5.76 Å². The first-order valence-electron chi connectivity index (χ1n) is 8.57. The van der Waals surface area contributed by atoms with Crippen LogP contribution in [0.2, 0.25) is 0 Å². The Labute approximate surface area is 150 Å². The minimum atomic E-state index is 0.108. The van der Waals surface area contributed by atoms with E-state index in [2.05, 4.69) is 5.10 Å². The monoisotopic (exact) mass is 355 g/mol. The largest absolute Gasteiger partial charge is 0.467 e. The van der Waals surface area contributed by atoms with Gasteiger partial charge in [0.15, 0.2) is 0 Å². The number of thiophene rings is 1. The smallest absolute Gasteiger partial charge is 0.228 e. The standard InChI is InChI=1S/C19H21N3O2S/c1-21-18-8-2-7-16(18)17(20-21)13-22(12-14-5-3-9-24-14)19(23)11-15-6-4-10-25-15/h3-6,9-10H,2,7-8,11-13H2,1H3. The van der Waals surface area contributed by atoms with Crippen LogP contribution in [-0.2, 0) is 44.2 Å². The van der Waals surface area contributed by atoms with Gasteiger partial charge >= 0.3 is 0 Å². The molecule has 0 atom stereocenters. The Hall–Kier alpha value is -2.34. The van der Waals surface area contributed by atoms with E-state index in [1.54, 1.807) is 17.6 Å². The average molecular weight is 355 g/mol. The van der Waals surface area contributed by atoms with Crippen LogP contribution in [0, 0.1) is 0 Å². The number of nitrogens with zero attached hydrogens (tertiary/aromatic N) is 3. The fourth-order valence-electron chi connectivity index (χ4n) is 3.50. The van der Waals surface area contributed by atoms with Crippen molar-refractivity contribution in [3.63, 3.8) is 0 Å². The number of carbonyl (C=O) groups excluding carboxylic acids is 1. The Balaban J connectivity index is 1.56. The van der Waals surface area contributed by atoms with Crippen LogP contribution in [0.4, 0.5) is 0 Å². The van der Waals surface area contributed by atoms with Gasteiger partial charge in [0.2, 0.25) is 5.91 Å². The highest BCUT2D eigenvalue weighted by Gasteiger charge is 2.24. The third-order valence-corrected chi connectivity index (χ3v) is 5.60. The first-order chi connectivity index (χ1) is 12.2. The van der Waals surface area contributed by atoms with Gasteiger partial charge in [-0.05, 0) is 48.4 Å². The van der Waals surface area contributed by atoms with E-state index in [1.165, 1.54) is 17.7 Å². The number of furan rings is 1. The number of fused-ring (bicyclic) bond motifs is 1. The molecule has 0 saturated carbocycles. The van der Waals surface area contributed by atoms with Crippen molar-refractivity contribution in [3.8, 4) is 0 Å². The molecular formula is C19H21N3O2S. The van der Waals surface area contributed by atoms with Crippen molar-refractivity contribution < 1.29 is 9.21 Å². The van der Waals surface area contributed by atoms with Crippen LogP contribution in [0.25, 0.3) is 0 Å². The van der Waals surface area contributed by atoms with Crippen LogP contribution < -0.4 is 0 Å². The highest BCUT2D eigenvalue weighted by Crippen LogP contribution is 2.26. The third-order valence-electron chi connectivity index (χ3n) is 4.72. The molecule has 0 aliphatic heterocycles. The molecule has 1 aliphatic rings. The van der Waals surface area contributed by atoms with Crippen LogP contribution in [0.1, 0.15) is 34.0 Å². The molecule has 0 N–H and O–H groups in total. The van der Waals surface area contributed by atoms with Crippen molar-refractivity contribution in [2.24, 2.45) is 7.05 Å². The Morgan fingerprint density at radius 3 is 3.00 bits per heavy atom. The van der Waals surface area contributed by atoms with Crippen LogP contribution >= 0.6 is 11.3 Å². The van der Waals surface area contributed by atoms with Gasteiger partial charge in [-0.25, -0.2) is 0 Å². The van der Waals surface area contributed by atoms with Gasteiger partial charge in [-0.3, -0.25) is 9.48 Å². The summed E-state index contributed by atoms with van der Waals surface area (Å²) in [6.45, 7) is 1.01. The molecule has 3 aromatic rings. The quantitative estimate of drug-likeness (QED) is 0.681. The topological polar surface area (TPSA) is 51.3 Å². The number of hydrogen-bond acceptors (Lipinski definition) is 4. The minimum Gasteiger partial charge on any atom is -0.467 e. The molecule has 1 amide bonds. The summed E-state index contributed by atoms with van der Waals surface area (Å²) in [6, 6.07) is 7.76. The molecule has 0 aromatic carbocycles. The SMILES string of the molecule is Cn1nc(CN(Cc2ccco2)C(=O)Cc2cccs2)c2c1CCC2. The van der Waals surface area contributed by atoms with Gasteiger partial charge < -0.3 is 9.32 Å². The van der Waals surface area contributed by atoms with E-state index in [-0.39, 0.29) is 5.91 Å². The molecule has 0 unspecified atom stereocenters. The number of rotatable bonds is 6. The fraction of sp³-hybridized carbons (Fsp3) is 0.368.